The SMILES string of the molecule is CCC(C(=O)N1CCC(COC)C1)C(N)=S. The van der Waals surface area contributed by atoms with Gasteiger partial charge in [0.1, 0.15) is 0 Å². The maximum absolute atomic E-state index is 12.1. The van der Waals surface area contributed by atoms with Crippen LogP contribution in [0.1, 0.15) is 19.8 Å². The van der Waals surface area contributed by atoms with Gasteiger partial charge in [0.25, 0.3) is 0 Å². The van der Waals surface area contributed by atoms with Crippen molar-refractivity contribution in [2.45, 2.75) is 19.8 Å². The van der Waals surface area contributed by atoms with E-state index in [0.717, 1.165) is 19.5 Å². The maximum atomic E-state index is 12.1. The number of ether oxygens (including phenoxy) is 1. The van der Waals surface area contributed by atoms with Gasteiger partial charge in [0, 0.05) is 26.1 Å². The summed E-state index contributed by atoms with van der Waals surface area (Å²) in [4.78, 5) is 14.3. The number of thiocarbonyl (C=S) groups is 1. The summed E-state index contributed by atoms with van der Waals surface area (Å²) in [5.74, 6) is 0.239. The molecule has 1 fully saturated rings. The second kappa shape index (κ2) is 6.15. The molecule has 1 heterocycles. The predicted molar refractivity (Wildman–Crippen MR) is 67.1 cm³/mol. The van der Waals surface area contributed by atoms with Crippen LogP contribution in [0.2, 0.25) is 0 Å². The van der Waals surface area contributed by atoms with Crippen LogP contribution in [-0.4, -0.2) is 42.6 Å². The molecule has 1 amide bonds. The fourth-order valence-electron chi connectivity index (χ4n) is 2.12. The molecule has 2 N–H and O–H groups in total. The molecule has 0 bridgehead atoms. The van der Waals surface area contributed by atoms with Gasteiger partial charge >= 0.3 is 0 Å². The Morgan fingerprint density at radius 2 is 2.38 bits per heavy atom. The summed E-state index contributed by atoms with van der Waals surface area (Å²) >= 11 is 4.91. The Hall–Kier alpha value is -0.680. The molecular weight excluding hydrogens is 224 g/mol. The monoisotopic (exact) mass is 244 g/mol. The van der Waals surface area contributed by atoms with Gasteiger partial charge < -0.3 is 15.4 Å². The van der Waals surface area contributed by atoms with E-state index in [-0.39, 0.29) is 11.8 Å². The fraction of sp³-hybridized carbons (Fsp3) is 0.818. The van der Waals surface area contributed by atoms with E-state index in [1.807, 2.05) is 11.8 Å². The van der Waals surface area contributed by atoms with Gasteiger partial charge in [0.2, 0.25) is 5.91 Å². The normalized spacial score (nSPS) is 22.1. The Kier molecular flexibility index (Phi) is 5.15. The number of carbonyl (C=O) groups is 1. The highest BCUT2D eigenvalue weighted by atomic mass is 32.1. The molecule has 0 aromatic carbocycles. The van der Waals surface area contributed by atoms with E-state index in [9.17, 15) is 4.79 Å². The van der Waals surface area contributed by atoms with Crippen molar-refractivity contribution < 1.29 is 9.53 Å². The Balaban J connectivity index is 2.52. The minimum absolute atomic E-state index is 0.0774. The smallest absolute Gasteiger partial charge is 0.232 e. The number of carbonyl (C=O) groups excluding carboxylic acids is 1. The molecule has 0 aromatic heterocycles. The molecule has 1 aliphatic rings. The van der Waals surface area contributed by atoms with Crippen molar-refractivity contribution in [2.75, 3.05) is 26.8 Å². The van der Waals surface area contributed by atoms with Crippen LogP contribution in [0, 0.1) is 11.8 Å². The number of rotatable bonds is 5. The minimum Gasteiger partial charge on any atom is -0.393 e. The zero-order valence-electron chi connectivity index (χ0n) is 9.94. The lowest BCUT2D eigenvalue weighted by molar-refractivity contribution is -0.132. The Morgan fingerprint density at radius 1 is 1.69 bits per heavy atom. The number of nitrogens with two attached hydrogens (primary N) is 1. The number of nitrogens with zero attached hydrogens (tertiary/aromatic N) is 1. The molecule has 1 aliphatic heterocycles. The molecule has 1 saturated heterocycles. The quantitative estimate of drug-likeness (QED) is 0.727. The van der Waals surface area contributed by atoms with E-state index in [0.29, 0.717) is 23.9 Å². The number of likely N-dealkylation sites (tertiary alicyclic amines) is 1. The summed E-state index contributed by atoms with van der Waals surface area (Å²) in [6.45, 7) is 4.22. The Bertz CT molecular complexity index is 271. The van der Waals surface area contributed by atoms with Crippen LogP contribution in [0.3, 0.4) is 0 Å². The fourth-order valence-corrected chi connectivity index (χ4v) is 2.39. The van der Waals surface area contributed by atoms with Gasteiger partial charge in [-0.05, 0) is 12.8 Å². The van der Waals surface area contributed by atoms with E-state index < -0.39 is 0 Å². The lowest BCUT2D eigenvalue weighted by Crippen LogP contribution is -2.40. The van der Waals surface area contributed by atoms with E-state index in [4.69, 9.17) is 22.7 Å². The number of amides is 1. The Labute approximate surface area is 102 Å². The zero-order valence-corrected chi connectivity index (χ0v) is 10.8. The average Bonchev–Trinajstić information content (AvgIpc) is 2.67. The topological polar surface area (TPSA) is 55.6 Å². The van der Waals surface area contributed by atoms with Crippen LogP contribution in [0.4, 0.5) is 0 Å². The molecule has 0 aliphatic carbocycles. The van der Waals surface area contributed by atoms with Gasteiger partial charge in [0.15, 0.2) is 0 Å². The number of hydrogen-bond acceptors (Lipinski definition) is 3. The van der Waals surface area contributed by atoms with Gasteiger partial charge in [-0.2, -0.15) is 0 Å². The molecule has 0 aromatic rings. The minimum atomic E-state index is -0.295. The predicted octanol–water partition coefficient (Wildman–Crippen LogP) is 0.794. The van der Waals surface area contributed by atoms with E-state index >= 15 is 0 Å². The van der Waals surface area contributed by atoms with Gasteiger partial charge in [-0.3, -0.25) is 4.79 Å². The third-order valence-electron chi connectivity index (χ3n) is 3.05. The molecule has 2 atom stereocenters. The van der Waals surface area contributed by atoms with E-state index in [1.54, 1.807) is 7.11 Å². The van der Waals surface area contributed by atoms with E-state index in [2.05, 4.69) is 0 Å². The largest absolute Gasteiger partial charge is 0.393 e. The summed E-state index contributed by atoms with van der Waals surface area (Å²) in [6, 6.07) is 0. The number of methoxy groups -OCH3 is 1. The zero-order chi connectivity index (χ0) is 12.1. The van der Waals surface area contributed by atoms with Crippen LogP contribution >= 0.6 is 12.2 Å². The van der Waals surface area contributed by atoms with Crippen molar-refractivity contribution in [1.29, 1.82) is 0 Å². The third kappa shape index (κ3) is 3.15. The standard InChI is InChI=1S/C11H20N2O2S/c1-3-9(10(12)16)11(14)13-5-4-8(6-13)7-15-2/h8-9H,3-7H2,1-2H3,(H2,12,16). The van der Waals surface area contributed by atoms with Crippen LogP contribution < -0.4 is 5.73 Å². The molecule has 0 spiro atoms. The van der Waals surface area contributed by atoms with Gasteiger partial charge in [-0.25, -0.2) is 0 Å². The summed E-state index contributed by atoms with van der Waals surface area (Å²) in [7, 11) is 1.69. The first-order valence-corrected chi connectivity index (χ1v) is 6.08. The van der Waals surface area contributed by atoms with Gasteiger partial charge in [-0.15, -0.1) is 0 Å². The molecule has 92 valence electrons. The molecule has 0 radical (unpaired) electrons. The molecule has 2 unspecified atom stereocenters. The summed E-state index contributed by atoms with van der Waals surface area (Å²) in [5.41, 5.74) is 5.57. The second-order valence-corrected chi connectivity index (χ2v) is 4.73. The second-order valence-electron chi connectivity index (χ2n) is 4.26. The molecule has 4 nitrogen and oxygen atoms in total. The van der Waals surface area contributed by atoms with Crippen molar-refractivity contribution >= 4 is 23.1 Å². The van der Waals surface area contributed by atoms with Crippen LogP contribution in [0.15, 0.2) is 0 Å². The molecule has 0 saturated carbocycles. The van der Waals surface area contributed by atoms with Crippen LogP contribution in [0.5, 0.6) is 0 Å². The van der Waals surface area contributed by atoms with Gasteiger partial charge in [0.05, 0.1) is 17.5 Å². The first-order chi connectivity index (χ1) is 7.60. The van der Waals surface area contributed by atoms with Crippen molar-refractivity contribution in [3.05, 3.63) is 0 Å². The molecule has 1 rings (SSSR count). The highest BCUT2D eigenvalue weighted by Gasteiger charge is 2.31. The van der Waals surface area contributed by atoms with Crippen molar-refractivity contribution in [2.24, 2.45) is 17.6 Å². The van der Waals surface area contributed by atoms with Crippen molar-refractivity contribution in [3.8, 4) is 0 Å². The van der Waals surface area contributed by atoms with Crippen molar-refractivity contribution in [3.63, 3.8) is 0 Å². The lowest BCUT2D eigenvalue weighted by Gasteiger charge is -2.21. The summed E-state index contributed by atoms with van der Waals surface area (Å²) < 4.78 is 5.10. The average molecular weight is 244 g/mol. The molecular formula is C11H20N2O2S. The van der Waals surface area contributed by atoms with Crippen LogP contribution in [0.25, 0.3) is 0 Å². The Morgan fingerprint density at radius 3 is 2.88 bits per heavy atom. The lowest BCUT2D eigenvalue weighted by atomic mass is 10.1. The first-order valence-electron chi connectivity index (χ1n) is 5.67. The van der Waals surface area contributed by atoms with Crippen molar-refractivity contribution in [1.82, 2.24) is 4.90 Å². The highest BCUT2D eigenvalue weighted by Crippen LogP contribution is 2.19. The van der Waals surface area contributed by atoms with E-state index in [1.165, 1.54) is 0 Å². The molecule has 5 heteroatoms. The maximum Gasteiger partial charge on any atom is 0.232 e. The number of hydrogen-bond donors (Lipinski definition) is 1. The molecule has 16 heavy (non-hydrogen) atoms. The van der Waals surface area contributed by atoms with Crippen LogP contribution in [-0.2, 0) is 9.53 Å². The summed E-state index contributed by atoms with van der Waals surface area (Å²) in [6.07, 6.45) is 1.69. The van der Waals surface area contributed by atoms with Gasteiger partial charge in [-0.1, -0.05) is 19.1 Å². The summed E-state index contributed by atoms with van der Waals surface area (Å²) in [5, 5.41) is 0. The third-order valence-corrected chi connectivity index (χ3v) is 3.33. The first kappa shape index (κ1) is 13.4. The highest BCUT2D eigenvalue weighted by molar-refractivity contribution is 7.80.